The highest BCUT2D eigenvalue weighted by atomic mass is 31.2. The largest absolute Gasteiger partial charge is 0.472 e. The molecule has 2 atom stereocenters. The number of ether oxygens (including phenoxy) is 2. The Morgan fingerprint density at radius 2 is 0.905 bits per heavy atom. The summed E-state index contributed by atoms with van der Waals surface area (Å²) in [6.45, 7) is 5.46. The zero-order valence-corrected chi connectivity index (χ0v) is 42.7. The number of phosphoric acid groups is 1. The number of hydrogen-bond donors (Lipinski definition) is 1. The van der Waals surface area contributed by atoms with Gasteiger partial charge in [0.15, 0.2) is 0 Å². The van der Waals surface area contributed by atoms with Crippen LogP contribution in [0.1, 0.15) is 219 Å². The first kappa shape index (κ1) is 61.2. The van der Waals surface area contributed by atoms with Gasteiger partial charge in [0, 0.05) is 13.0 Å². The zero-order valence-electron chi connectivity index (χ0n) is 41.8. The highest BCUT2D eigenvalue weighted by molar-refractivity contribution is 7.47. The van der Waals surface area contributed by atoms with Crippen LogP contribution in [0.2, 0.25) is 0 Å². The second kappa shape index (κ2) is 46.7. The Morgan fingerprint density at radius 1 is 0.508 bits per heavy atom. The van der Waals surface area contributed by atoms with Crippen molar-refractivity contribution in [1.82, 2.24) is 0 Å². The summed E-state index contributed by atoms with van der Waals surface area (Å²) >= 11 is 0. The minimum absolute atomic E-state index is 0.0770. The quantitative estimate of drug-likeness (QED) is 0.0214. The van der Waals surface area contributed by atoms with Crippen LogP contribution >= 0.6 is 7.82 Å². The highest BCUT2D eigenvalue weighted by Gasteiger charge is 2.26. The van der Waals surface area contributed by atoms with Gasteiger partial charge in [0.2, 0.25) is 0 Å². The van der Waals surface area contributed by atoms with E-state index in [1.165, 1.54) is 141 Å². The average Bonchev–Trinajstić information content (AvgIpc) is 3.24. The lowest BCUT2D eigenvalue weighted by molar-refractivity contribution is -0.870. The van der Waals surface area contributed by atoms with E-state index in [0.29, 0.717) is 24.1 Å². The number of unbranched alkanes of at least 4 members (excludes halogenated alkanes) is 24. The molecular weight excluding hydrogens is 806 g/mol. The van der Waals surface area contributed by atoms with Crippen molar-refractivity contribution in [1.29, 1.82) is 0 Å². The van der Waals surface area contributed by atoms with E-state index in [9.17, 15) is 14.3 Å². The molecule has 2 unspecified atom stereocenters. The Kier molecular flexibility index (Phi) is 45.4. The van der Waals surface area contributed by atoms with Crippen molar-refractivity contribution in [2.75, 3.05) is 54.1 Å². The van der Waals surface area contributed by atoms with Crippen LogP contribution < -0.4 is 0 Å². The molecule has 1 N–H and O–H groups in total. The molecule has 9 heteroatoms. The molecule has 0 rings (SSSR count). The fourth-order valence-electron chi connectivity index (χ4n) is 7.12. The smallest absolute Gasteiger partial charge is 0.457 e. The predicted molar refractivity (Wildman–Crippen MR) is 270 cm³/mol. The van der Waals surface area contributed by atoms with Gasteiger partial charge in [0.25, 0.3) is 0 Å². The van der Waals surface area contributed by atoms with Gasteiger partial charge in [-0.2, -0.15) is 0 Å². The molecule has 0 aromatic carbocycles. The number of allylic oxidation sites excluding steroid dienone is 10. The molecule has 8 nitrogen and oxygen atoms in total. The maximum absolute atomic E-state index is 12.7. The van der Waals surface area contributed by atoms with Gasteiger partial charge in [-0.25, -0.2) is 4.57 Å². The summed E-state index contributed by atoms with van der Waals surface area (Å²) in [6, 6.07) is 0. The van der Waals surface area contributed by atoms with Crippen LogP contribution in [0, 0.1) is 0 Å². The third-order valence-corrected chi connectivity index (χ3v) is 12.1. The van der Waals surface area contributed by atoms with E-state index < -0.39 is 13.9 Å². The number of nitrogens with zero attached hydrogens (tertiary/aromatic N) is 1. The summed E-state index contributed by atoms with van der Waals surface area (Å²) in [5, 5.41) is 0. The summed E-state index contributed by atoms with van der Waals surface area (Å²) < 4.78 is 35.1. The van der Waals surface area contributed by atoms with Crippen LogP contribution in [0.4, 0.5) is 0 Å². The van der Waals surface area contributed by atoms with Crippen LogP contribution in [-0.4, -0.2) is 75.6 Å². The molecule has 0 aromatic rings. The Bertz CT molecular complexity index is 1190. The van der Waals surface area contributed by atoms with Crippen LogP contribution in [0.15, 0.2) is 60.8 Å². The SMILES string of the molecule is CC/C=C\C/C=C\C/C=C\C/C=C\C/C=C\CCCC(=O)OC(COCCCCCCCCCCCCCCCCCCCCCCCCCC)COP(=O)(O)OCC[N+](C)(C)C. The summed E-state index contributed by atoms with van der Waals surface area (Å²) in [5.74, 6) is -0.368. The van der Waals surface area contributed by atoms with Gasteiger partial charge in [-0.3, -0.25) is 13.8 Å². The zero-order chi connectivity index (χ0) is 46.2. The van der Waals surface area contributed by atoms with E-state index in [-0.39, 0.29) is 32.2 Å². The van der Waals surface area contributed by atoms with Gasteiger partial charge in [0.05, 0.1) is 34.4 Å². The first-order valence-corrected chi connectivity index (χ1v) is 27.5. The molecule has 0 aliphatic carbocycles. The first-order chi connectivity index (χ1) is 30.6. The minimum Gasteiger partial charge on any atom is -0.457 e. The van der Waals surface area contributed by atoms with E-state index in [1.807, 2.05) is 21.1 Å². The lowest BCUT2D eigenvalue weighted by Crippen LogP contribution is -2.37. The van der Waals surface area contributed by atoms with Crippen molar-refractivity contribution in [3.8, 4) is 0 Å². The lowest BCUT2D eigenvalue weighted by atomic mass is 10.0. The maximum Gasteiger partial charge on any atom is 0.472 e. The number of esters is 1. The predicted octanol–water partition coefficient (Wildman–Crippen LogP) is 16.1. The van der Waals surface area contributed by atoms with Gasteiger partial charge < -0.3 is 18.9 Å². The molecule has 0 radical (unpaired) electrons. The third-order valence-electron chi connectivity index (χ3n) is 11.1. The van der Waals surface area contributed by atoms with Crippen molar-refractivity contribution in [3.05, 3.63) is 60.8 Å². The fourth-order valence-corrected chi connectivity index (χ4v) is 7.86. The molecule has 0 aliphatic heterocycles. The standard InChI is InChI=1S/C54H100NO7P/c1-6-8-10-12-14-16-18-20-22-24-25-26-27-28-29-30-32-34-36-38-40-42-44-46-49-59-51-53(52-61-63(57,58)60-50-48-55(3,4)5)62-54(56)47-45-43-41-39-37-35-33-31-23-21-19-17-15-13-11-9-7-2/h9,11,15,17,21,23,33,35,39,41,53H,6-8,10,12-14,16,18-20,22,24-32,34,36-38,40,42-52H2,1-5H3/p+1/b11-9-,17-15-,23-21-,35-33-,41-39-. The number of hydrogen-bond acceptors (Lipinski definition) is 6. The van der Waals surface area contributed by atoms with E-state index in [1.54, 1.807) is 0 Å². The molecule has 0 heterocycles. The molecule has 0 aromatic heterocycles. The van der Waals surface area contributed by atoms with Crippen molar-refractivity contribution < 1.29 is 37.3 Å². The van der Waals surface area contributed by atoms with E-state index in [0.717, 1.165) is 51.4 Å². The van der Waals surface area contributed by atoms with Crippen molar-refractivity contribution in [2.45, 2.75) is 225 Å². The topological polar surface area (TPSA) is 91.3 Å². The summed E-state index contributed by atoms with van der Waals surface area (Å²) in [7, 11) is 1.63. The lowest BCUT2D eigenvalue weighted by Gasteiger charge is -2.24. The van der Waals surface area contributed by atoms with Crippen molar-refractivity contribution in [3.63, 3.8) is 0 Å². The summed E-state index contributed by atoms with van der Waals surface area (Å²) in [6.07, 6.45) is 60.1. The molecule has 0 saturated carbocycles. The van der Waals surface area contributed by atoms with Crippen molar-refractivity contribution in [2.24, 2.45) is 0 Å². The van der Waals surface area contributed by atoms with E-state index >= 15 is 0 Å². The molecule has 0 aliphatic rings. The molecule has 63 heavy (non-hydrogen) atoms. The number of rotatable bonds is 48. The number of likely N-dealkylation sites (N-methyl/N-ethyl adjacent to an activating group) is 1. The summed E-state index contributed by atoms with van der Waals surface area (Å²) in [5.41, 5.74) is 0. The van der Waals surface area contributed by atoms with E-state index in [4.69, 9.17) is 18.5 Å². The maximum atomic E-state index is 12.7. The Hall–Kier alpha value is -1.80. The second-order valence-electron chi connectivity index (χ2n) is 18.5. The fraction of sp³-hybridized carbons (Fsp3) is 0.796. The van der Waals surface area contributed by atoms with Crippen LogP contribution in [0.25, 0.3) is 0 Å². The number of quaternary nitrogens is 1. The number of carbonyl (C=O) groups excluding carboxylic acids is 1. The van der Waals surface area contributed by atoms with Crippen molar-refractivity contribution >= 4 is 13.8 Å². The normalized spacial score (nSPS) is 14.1. The minimum atomic E-state index is -4.30. The van der Waals surface area contributed by atoms with Gasteiger partial charge in [0.1, 0.15) is 19.3 Å². The Labute approximate surface area is 390 Å². The molecule has 0 bridgehead atoms. The monoisotopic (exact) mass is 907 g/mol. The molecule has 368 valence electrons. The van der Waals surface area contributed by atoms with Crippen LogP contribution in [-0.2, 0) is 27.9 Å². The van der Waals surface area contributed by atoms with Gasteiger partial charge in [-0.05, 0) is 51.4 Å². The Balaban J connectivity index is 4.15. The number of carbonyl (C=O) groups is 1. The molecule has 0 fully saturated rings. The van der Waals surface area contributed by atoms with Gasteiger partial charge in [-0.15, -0.1) is 0 Å². The molecular formula is C54H101NO7P+. The summed E-state index contributed by atoms with van der Waals surface area (Å²) in [4.78, 5) is 23.0. The van der Waals surface area contributed by atoms with E-state index in [2.05, 4.69) is 74.6 Å². The third kappa shape index (κ3) is 51.1. The van der Waals surface area contributed by atoms with Crippen LogP contribution in [0.5, 0.6) is 0 Å². The van der Waals surface area contributed by atoms with Gasteiger partial charge in [-0.1, -0.05) is 222 Å². The first-order valence-electron chi connectivity index (χ1n) is 26.0. The second-order valence-corrected chi connectivity index (χ2v) is 20.0. The average molecular weight is 907 g/mol. The molecule has 0 spiro atoms. The Morgan fingerprint density at radius 3 is 1.32 bits per heavy atom. The van der Waals surface area contributed by atoms with Gasteiger partial charge >= 0.3 is 13.8 Å². The molecule has 0 amide bonds. The number of phosphoric ester groups is 1. The highest BCUT2D eigenvalue weighted by Crippen LogP contribution is 2.43. The van der Waals surface area contributed by atoms with Crippen LogP contribution in [0.3, 0.4) is 0 Å². The molecule has 0 saturated heterocycles.